The van der Waals surface area contributed by atoms with Gasteiger partial charge in [-0.2, -0.15) is 0 Å². The maximum atomic E-state index is 12.0. The van der Waals surface area contributed by atoms with Crippen LogP contribution in [0.5, 0.6) is 5.75 Å². The van der Waals surface area contributed by atoms with Crippen molar-refractivity contribution < 1.29 is 9.53 Å². The quantitative estimate of drug-likeness (QED) is 0.865. The molecule has 1 heterocycles. The van der Waals surface area contributed by atoms with E-state index < -0.39 is 0 Å². The molecule has 2 rings (SSSR count). The fraction of sp³-hybridized carbons (Fsp3) is 0.267. The molecule has 2 aromatic rings. The molecule has 1 aromatic heterocycles. The molecular formula is C15H18N2O2. The molecule has 1 atom stereocenters. The number of aromatic amines is 1. The van der Waals surface area contributed by atoms with Crippen molar-refractivity contribution in [1.29, 1.82) is 0 Å². The first-order valence-electron chi connectivity index (χ1n) is 6.24. The first-order valence-corrected chi connectivity index (χ1v) is 6.24. The molecule has 100 valence electrons. The summed E-state index contributed by atoms with van der Waals surface area (Å²) >= 11 is 0. The van der Waals surface area contributed by atoms with Gasteiger partial charge in [0.05, 0.1) is 19.6 Å². The van der Waals surface area contributed by atoms with Crippen molar-refractivity contribution in [1.82, 2.24) is 10.3 Å². The highest BCUT2D eigenvalue weighted by atomic mass is 16.5. The molecular weight excluding hydrogens is 240 g/mol. The van der Waals surface area contributed by atoms with Gasteiger partial charge in [-0.15, -0.1) is 0 Å². The average molecular weight is 258 g/mol. The third-order valence-electron chi connectivity index (χ3n) is 3.12. The number of ether oxygens (including phenoxy) is 1. The number of carbonyl (C=O) groups is 1. The number of H-pyrrole nitrogens is 1. The highest BCUT2D eigenvalue weighted by Gasteiger charge is 2.14. The lowest BCUT2D eigenvalue weighted by Gasteiger charge is -2.12. The van der Waals surface area contributed by atoms with Gasteiger partial charge >= 0.3 is 0 Å². The van der Waals surface area contributed by atoms with Gasteiger partial charge in [-0.1, -0.05) is 12.1 Å². The standard InChI is InChI=1S/C15H18N2O2/c1-11(12-5-7-14(19-2)8-6-12)15(18)17-10-13-4-3-9-16-13/h3-9,11,16H,10H2,1-2H3,(H,17,18)/t11-/m1/s1. The van der Waals surface area contributed by atoms with Gasteiger partial charge in [-0.25, -0.2) is 0 Å². The van der Waals surface area contributed by atoms with Crippen LogP contribution in [0.2, 0.25) is 0 Å². The first kappa shape index (κ1) is 13.2. The number of amides is 1. The zero-order valence-corrected chi connectivity index (χ0v) is 11.1. The molecule has 0 aliphatic heterocycles. The highest BCUT2D eigenvalue weighted by molar-refractivity contribution is 5.83. The number of rotatable bonds is 5. The molecule has 0 bridgehead atoms. The molecule has 2 N–H and O–H groups in total. The van der Waals surface area contributed by atoms with Crippen LogP contribution in [0.1, 0.15) is 24.1 Å². The van der Waals surface area contributed by atoms with Crippen LogP contribution in [0, 0.1) is 0 Å². The Kier molecular flexibility index (Phi) is 4.23. The van der Waals surface area contributed by atoms with Crippen LogP contribution >= 0.6 is 0 Å². The van der Waals surface area contributed by atoms with E-state index >= 15 is 0 Å². The molecule has 4 heteroatoms. The van der Waals surface area contributed by atoms with E-state index in [1.807, 2.05) is 49.5 Å². The predicted octanol–water partition coefficient (Wildman–Crippen LogP) is 2.44. The van der Waals surface area contributed by atoms with Crippen LogP contribution in [-0.2, 0) is 11.3 Å². The number of hydrogen-bond donors (Lipinski definition) is 2. The van der Waals surface area contributed by atoms with Gasteiger partial charge in [-0.05, 0) is 36.8 Å². The van der Waals surface area contributed by atoms with Crippen LogP contribution in [0.3, 0.4) is 0 Å². The summed E-state index contributed by atoms with van der Waals surface area (Å²) in [7, 11) is 1.63. The topological polar surface area (TPSA) is 54.1 Å². The lowest BCUT2D eigenvalue weighted by molar-refractivity contribution is -0.122. The fourth-order valence-corrected chi connectivity index (χ4v) is 1.86. The van der Waals surface area contributed by atoms with E-state index in [4.69, 9.17) is 4.74 Å². The minimum atomic E-state index is -0.180. The summed E-state index contributed by atoms with van der Waals surface area (Å²) in [5.41, 5.74) is 1.97. The first-order chi connectivity index (χ1) is 9.20. The van der Waals surface area contributed by atoms with E-state index in [-0.39, 0.29) is 11.8 Å². The minimum absolute atomic E-state index is 0.0137. The van der Waals surface area contributed by atoms with Crippen molar-refractivity contribution in [3.8, 4) is 5.75 Å². The minimum Gasteiger partial charge on any atom is -0.497 e. The maximum Gasteiger partial charge on any atom is 0.227 e. The monoisotopic (exact) mass is 258 g/mol. The van der Waals surface area contributed by atoms with E-state index in [9.17, 15) is 4.79 Å². The Labute approximate surface area is 112 Å². The molecule has 0 saturated heterocycles. The summed E-state index contributed by atoms with van der Waals surface area (Å²) in [4.78, 5) is 15.1. The Bertz CT molecular complexity index is 518. The average Bonchev–Trinajstić information content (AvgIpc) is 2.97. The summed E-state index contributed by atoms with van der Waals surface area (Å²) in [5.74, 6) is 0.628. The summed E-state index contributed by atoms with van der Waals surface area (Å²) in [6.45, 7) is 2.41. The molecule has 4 nitrogen and oxygen atoms in total. The van der Waals surface area contributed by atoms with E-state index in [1.54, 1.807) is 7.11 Å². The largest absolute Gasteiger partial charge is 0.497 e. The molecule has 1 aromatic carbocycles. The molecule has 0 radical (unpaired) electrons. The van der Waals surface area contributed by atoms with Gasteiger partial charge in [0, 0.05) is 11.9 Å². The number of benzene rings is 1. The summed E-state index contributed by atoms with van der Waals surface area (Å²) in [5, 5.41) is 2.91. The summed E-state index contributed by atoms with van der Waals surface area (Å²) in [6, 6.07) is 11.4. The zero-order chi connectivity index (χ0) is 13.7. The Morgan fingerprint density at radius 1 is 1.32 bits per heavy atom. The molecule has 0 aliphatic rings. The van der Waals surface area contributed by atoms with Crippen molar-refractivity contribution in [3.63, 3.8) is 0 Å². The van der Waals surface area contributed by atoms with Crippen LogP contribution < -0.4 is 10.1 Å². The summed E-state index contributed by atoms with van der Waals surface area (Å²) < 4.78 is 5.10. The van der Waals surface area contributed by atoms with E-state index in [2.05, 4.69) is 10.3 Å². The smallest absolute Gasteiger partial charge is 0.227 e. The molecule has 0 aliphatic carbocycles. The van der Waals surface area contributed by atoms with Gasteiger partial charge in [0.1, 0.15) is 5.75 Å². The molecule has 0 saturated carbocycles. The Morgan fingerprint density at radius 3 is 2.63 bits per heavy atom. The van der Waals surface area contributed by atoms with Gasteiger partial charge < -0.3 is 15.0 Å². The Hall–Kier alpha value is -2.23. The van der Waals surface area contributed by atoms with Crippen molar-refractivity contribution in [2.45, 2.75) is 19.4 Å². The third kappa shape index (κ3) is 3.37. The van der Waals surface area contributed by atoms with Crippen molar-refractivity contribution >= 4 is 5.91 Å². The van der Waals surface area contributed by atoms with Gasteiger partial charge in [0.15, 0.2) is 0 Å². The fourth-order valence-electron chi connectivity index (χ4n) is 1.86. The van der Waals surface area contributed by atoms with Gasteiger partial charge in [0.25, 0.3) is 0 Å². The van der Waals surface area contributed by atoms with Crippen molar-refractivity contribution in [2.75, 3.05) is 7.11 Å². The van der Waals surface area contributed by atoms with E-state index in [0.717, 1.165) is 17.0 Å². The van der Waals surface area contributed by atoms with Gasteiger partial charge in [0.2, 0.25) is 5.91 Å². The third-order valence-corrected chi connectivity index (χ3v) is 3.12. The normalized spacial score (nSPS) is 11.9. The zero-order valence-electron chi connectivity index (χ0n) is 11.1. The highest BCUT2D eigenvalue weighted by Crippen LogP contribution is 2.19. The number of hydrogen-bond acceptors (Lipinski definition) is 2. The second-order valence-electron chi connectivity index (χ2n) is 4.41. The van der Waals surface area contributed by atoms with Crippen LogP contribution in [0.25, 0.3) is 0 Å². The lowest BCUT2D eigenvalue weighted by atomic mass is 10.0. The lowest BCUT2D eigenvalue weighted by Crippen LogP contribution is -2.27. The molecule has 1 amide bonds. The second-order valence-corrected chi connectivity index (χ2v) is 4.41. The second kappa shape index (κ2) is 6.09. The number of aromatic nitrogens is 1. The molecule has 0 spiro atoms. The number of nitrogens with one attached hydrogen (secondary N) is 2. The van der Waals surface area contributed by atoms with Crippen LogP contribution in [0.15, 0.2) is 42.6 Å². The van der Waals surface area contributed by atoms with Gasteiger partial charge in [-0.3, -0.25) is 4.79 Å². The number of carbonyl (C=O) groups excluding carboxylic acids is 1. The maximum absolute atomic E-state index is 12.0. The van der Waals surface area contributed by atoms with Crippen LogP contribution in [0.4, 0.5) is 0 Å². The van der Waals surface area contributed by atoms with Crippen LogP contribution in [-0.4, -0.2) is 18.0 Å². The molecule has 0 fully saturated rings. The Morgan fingerprint density at radius 2 is 2.05 bits per heavy atom. The molecule has 0 unspecified atom stereocenters. The van der Waals surface area contributed by atoms with Crippen molar-refractivity contribution in [3.05, 3.63) is 53.9 Å². The number of methoxy groups -OCH3 is 1. The van der Waals surface area contributed by atoms with E-state index in [0.29, 0.717) is 6.54 Å². The molecule has 19 heavy (non-hydrogen) atoms. The summed E-state index contributed by atoms with van der Waals surface area (Å²) in [6.07, 6.45) is 1.84. The predicted molar refractivity (Wildman–Crippen MR) is 74.0 cm³/mol. The van der Waals surface area contributed by atoms with E-state index in [1.165, 1.54) is 0 Å². The SMILES string of the molecule is COc1ccc([C@@H](C)C(=O)NCc2ccc[nH]2)cc1. The van der Waals surface area contributed by atoms with Crippen molar-refractivity contribution in [2.24, 2.45) is 0 Å². The Balaban J connectivity index is 1.94.